The Kier molecular flexibility index (Phi) is 7.66. The molecule has 2 aromatic rings. The van der Waals surface area contributed by atoms with Gasteiger partial charge >= 0.3 is 18.6 Å². The molecular formula is C24H23F7N2O5. The predicted molar refractivity (Wildman–Crippen MR) is 117 cm³/mol. The number of aliphatic hydroxyl groups is 1. The van der Waals surface area contributed by atoms with Crippen LogP contribution in [0.15, 0.2) is 42.5 Å². The maximum Gasteiger partial charge on any atom is 0.573 e. The van der Waals surface area contributed by atoms with Crippen molar-refractivity contribution in [1.29, 1.82) is 0 Å². The molecule has 1 amide bonds. The SMILES string of the molecule is O=C(Cc1ccc(OC(F)(F)F)cc1)N[C@H](CN1CCCC1)[C@H](O)c1ccc2c(c1)OC(F)(F)C(F)(F)O2. The molecule has 1 saturated heterocycles. The largest absolute Gasteiger partial charge is 0.573 e. The average molecular weight is 552 g/mol. The van der Waals surface area contributed by atoms with Crippen LogP contribution < -0.4 is 19.5 Å². The Balaban J connectivity index is 1.48. The number of likely N-dealkylation sites (tertiary alicyclic amines) is 1. The maximum absolute atomic E-state index is 13.6. The fourth-order valence-corrected chi connectivity index (χ4v) is 4.22. The van der Waals surface area contributed by atoms with Gasteiger partial charge < -0.3 is 29.5 Å². The van der Waals surface area contributed by atoms with Crippen LogP contribution in [0.25, 0.3) is 0 Å². The lowest BCUT2D eigenvalue weighted by Crippen LogP contribution is -2.52. The van der Waals surface area contributed by atoms with E-state index in [1.807, 2.05) is 4.90 Å². The monoisotopic (exact) mass is 552 g/mol. The van der Waals surface area contributed by atoms with E-state index in [1.54, 1.807) is 0 Å². The van der Waals surface area contributed by atoms with E-state index in [2.05, 4.69) is 19.5 Å². The second-order valence-electron chi connectivity index (χ2n) is 8.94. The summed E-state index contributed by atoms with van der Waals surface area (Å²) < 4.78 is 103. The molecule has 0 aromatic heterocycles. The van der Waals surface area contributed by atoms with Crippen LogP contribution in [0.4, 0.5) is 30.7 Å². The van der Waals surface area contributed by atoms with Crippen LogP contribution >= 0.6 is 0 Å². The fourth-order valence-electron chi connectivity index (χ4n) is 4.22. The number of ether oxygens (including phenoxy) is 3. The van der Waals surface area contributed by atoms with Crippen molar-refractivity contribution in [3.05, 3.63) is 53.6 Å². The van der Waals surface area contributed by atoms with Gasteiger partial charge in [0.1, 0.15) is 11.9 Å². The molecule has 14 heteroatoms. The van der Waals surface area contributed by atoms with E-state index in [0.717, 1.165) is 37.1 Å². The first-order valence-electron chi connectivity index (χ1n) is 11.5. The van der Waals surface area contributed by atoms with E-state index >= 15 is 0 Å². The van der Waals surface area contributed by atoms with E-state index < -0.39 is 53.9 Å². The summed E-state index contributed by atoms with van der Waals surface area (Å²) in [4.78, 5) is 14.7. The number of alkyl halides is 7. The smallest absolute Gasteiger partial charge is 0.421 e. The predicted octanol–water partition coefficient (Wildman–Crippen LogP) is 4.40. The Hall–Kier alpha value is -3.26. The minimum atomic E-state index is -4.94. The highest BCUT2D eigenvalue weighted by Crippen LogP contribution is 2.47. The lowest BCUT2D eigenvalue weighted by atomic mass is 10.00. The van der Waals surface area contributed by atoms with Crippen LogP contribution in [0.5, 0.6) is 17.2 Å². The van der Waals surface area contributed by atoms with Crippen molar-refractivity contribution in [3.8, 4) is 17.2 Å². The molecule has 2 aliphatic heterocycles. The van der Waals surface area contributed by atoms with Gasteiger partial charge in [0.2, 0.25) is 5.91 Å². The van der Waals surface area contributed by atoms with Gasteiger partial charge in [-0.15, -0.1) is 13.2 Å². The normalized spacial score (nSPS) is 20.0. The van der Waals surface area contributed by atoms with Gasteiger partial charge in [-0.3, -0.25) is 4.79 Å². The van der Waals surface area contributed by atoms with Gasteiger partial charge in [-0.1, -0.05) is 18.2 Å². The third-order valence-corrected chi connectivity index (χ3v) is 6.03. The first kappa shape index (κ1) is 27.8. The molecule has 2 atom stereocenters. The molecule has 0 aliphatic carbocycles. The van der Waals surface area contributed by atoms with E-state index in [-0.39, 0.29) is 18.5 Å². The van der Waals surface area contributed by atoms with Crippen molar-refractivity contribution < 1.29 is 54.8 Å². The molecule has 0 saturated carbocycles. The van der Waals surface area contributed by atoms with Crippen LogP contribution in [0.3, 0.4) is 0 Å². The lowest BCUT2D eigenvalue weighted by molar-refractivity contribution is -0.391. The molecule has 208 valence electrons. The van der Waals surface area contributed by atoms with E-state index in [9.17, 15) is 40.6 Å². The number of nitrogens with one attached hydrogen (secondary N) is 1. The van der Waals surface area contributed by atoms with Gasteiger partial charge in [0, 0.05) is 6.54 Å². The summed E-state index contributed by atoms with van der Waals surface area (Å²) in [6, 6.07) is 6.81. The Bertz CT molecular complexity index is 1140. The average Bonchev–Trinajstić information content (AvgIpc) is 3.32. The zero-order chi connectivity index (χ0) is 27.7. The van der Waals surface area contributed by atoms with Crippen LogP contribution in [0, 0.1) is 0 Å². The third kappa shape index (κ3) is 6.59. The summed E-state index contributed by atoms with van der Waals surface area (Å²) in [5.74, 6) is -2.37. The van der Waals surface area contributed by atoms with Crippen molar-refractivity contribution >= 4 is 5.91 Å². The van der Waals surface area contributed by atoms with Crippen molar-refractivity contribution in [2.24, 2.45) is 0 Å². The number of benzene rings is 2. The lowest BCUT2D eigenvalue weighted by Gasteiger charge is -2.33. The topological polar surface area (TPSA) is 80.3 Å². The van der Waals surface area contributed by atoms with Gasteiger partial charge in [0.15, 0.2) is 11.5 Å². The molecular weight excluding hydrogens is 529 g/mol. The molecule has 4 rings (SSSR count). The van der Waals surface area contributed by atoms with Gasteiger partial charge in [-0.05, 0) is 61.3 Å². The Morgan fingerprint density at radius 2 is 1.61 bits per heavy atom. The standard InChI is InChI=1S/C24H23F7N2O5/c25-22(26)23(27,28)38-19-12-15(5-8-18(19)37-22)21(35)17(13-33-9-1-2-10-33)32-20(34)11-14-3-6-16(7-4-14)36-24(29,30)31/h3-8,12,17,21,35H,1-2,9-11,13H2,(H,32,34)/t17-,21-/m1/s1. The molecule has 0 radical (unpaired) electrons. The second-order valence-corrected chi connectivity index (χ2v) is 8.94. The molecule has 0 spiro atoms. The zero-order valence-corrected chi connectivity index (χ0v) is 19.6. The summed E-state index contributed by atoms with van der Waals surface area (Å²) in [5.41, 5.74) is 0.375. The van der Waals surface area contributed by atoms with Crippen LogP contribution in [0.1, 0.15) is 30.1 Å². The van der Waals surface area contributed by atoms with Gasteiger partial charge in [-0.2, -0.15) is 17.6 Å². The molecule has 2 aromatic carbocycles. The van der Waals surface area contributed by atoms with Crippen LogP contribution in [-0.4, -0.2) is 60.2 Å². The number of aliphatic hydroxyl groups excluding tert-OH is 1. The molecule has 7 nitrogen and oxygen atoms in total. The number of rotatable bonds is 8. The second kappa shape index (κ2) is 10.5. The zero-order valence-electron chi connectivity index (χ0n) is 19.6. The number of halogens is 7. The quantitative estimate of drug-likeness (QED) is 0.473. The number of fused-ring (bicyclic) bond motifs is 1. The van der Waals surface area contributed by atoms with Crippen molar-refractivity contribution in [1.82, 2.24) is 10.2 Å². The number of carbonyl (C=O) groups excluding carboxylic acids is 1. The third-order valence-electron chi connectivity index (χ3n) is 6.03. The van der Waals surface area contributed by atoms with Gasteiger partial charge in [0.25, 0.3) is 0 Å². The molecule has 0 bridgehead atoms. The Labute approximate surface area is 212 Å². The molecule has 1 fully saturated rings. The van der Waals surface area contributed by atoms with Crippen molar-refractivity contribution in [2.75, 3.05) is 19.6 Å². The number of hydrogen-bond donors (Lipinski definition) is 2. The summed E-state index contributed by atoms with van der Waals surface area (Å²) in [7, 11) is 0. The van der Waals surface area contributed by atoms with Crippen molar-refractivity contribution in [3.63, 3.8) is 0 Å². The van der Waals surface area contributed by atoms with Crippen LogP contribution in [0.2, 0.25) is 0 Å². The number of hydrogen-bond acceptors (Lipinski definition) is 6. The minimum absolute atomic E-state index is 0.00603. The Morgan fingerprint density at radius 3 is 2.21 bits per heavy atom. The summed E-state index contributed by atoms with van der Waals surface area (Å²) >= 11 is 0. The highest BCUT2D eigenvalue weighted by Gasteiger charge is 2.66. The highest BCUT2D eigenvalue weighted by atomic mass is 19.4. The van der Waals surface area contributed by atoms with Gasteiger partial charge in [-0.25, -0.2) is 0 Å². The number of carbonyl (C=O) groups is 1. The van der Waals surface area contributed by atoms with Crippen LogP contribution in [-0.2, 0) is 11.2 Å². The summed E-state index contributed by atoms with van der Waals surface area (Å²) in [6.07, 6.45) is -14.6. The van der Waals surface area contributed by atoms with Gasteiger partial charge in [0.05, 0.1) is 12.5 Å². The molecule has 2 heterocycles. The first-order chi connectivity index (χ1) is 17.7. The van der Waals surface area contributed by atoms with Crippen molar-refractivity contribution in [2.45, 2.75) is 50.0 Å². The molecule has 2 aliphatic rings. The molecule has 2 N–H and O–H groups in total. The maximum atomic E-state index is 13.6. The minimum Gasteiger partial charge on any atom is -0.421 e. The van der Waals surface area contributed by atoms with E-state index in [0.29, 0.717) is 18.7 Å². The van der Waals surface area contributed by atoms with E-state index in [1.165, 1.54) is 18.2 Å². The highest BCUT2D eigenvalue weighted by molar-refractivity contribution is 5.79. The van der Waals surface area contributed by atoms with E-state index in [4.69, 9.17) is 0 Å². The molecule has 38 heavy (non-hydrogen) atoms. The number of amides is 1. The molecule has 0 unspecified atom stereocenters. The Morgan fingerprint density at radius 1 is 1.00 bits per heavy atom. The number of nitrogens with zero attached hydrogens (tertiary/aromatic N) is 1. The summed E-state index contributed by atoms with van der Waals surface area (Å²) in [5, 5.41) is 13.7. The fraction of sp³-hybridized carbons (Fsp3) is 0.458. The summed E-state index contributed by atoms with van der Waals surface area (Å²) in [6.45, 7) is 1.58. The first-order valence-corrected chi connectivity index (χ1v) is 11.5.